The van der Waals surface area contributed by atoms with E-state index >= 15 is 0 Å². The second kappa shape index (κ2) is 6.62. The molecule has 9 heteroatoms. The van der Waals surface area contributed by atoms with Crippen molar-refractivity contribution in [2.75, 3.05) is 11.3 Å². The molecule has 2 N–H and O–H groups in total. The van der Waals surface area contributed by atoms with Gasteiger partial charge in [0.2, 0.25) is 5.13 Å². The van der Waals surface area contributed by atoms with Gasteiger partial charge in [-0.15, -0.1) is 10.2 Å². The fraction of sp³-hybridized carbons (Fsp3) is 0.250. The quantitative estimate of drug-likeness (QED) is 0.805. The van der Waals surface area contributed by atoms with Crippen LogP contribution in [0.4, 0.5) is 5.13 Å². The summed E-state index contributed by atoms with van der Waals surface area (Å²) in [6.07, 6.45) is 3.01. The Morgan fingerprint density at radius 3 is 2.86 bits per heavy atom. The third kappa shape index (κ3) is 4.22. The number of pyridine rings is 1. The number of nitrogens with one attached hydrogen (secondary N) is 1. The largest absolute Gasteiger partial charge is 0.395 e. The van der Waals surface area contributed by atoms with Gasteiger partial charge in [0.25, 0.3) is 10.0 Å². The number of hydrogen-bond acceptors (Lipinski definition) is 7. The number of aromatic nitrogens is 3. The van der Waals surface area contributed by atoms with Crippen molar-refractivity contribution in [1.82, 2.24) is 15.2 Å². The molecule has 0 fully saturated rings. The van der Waals surface area contributed by atoms with Crippen LogP contribution in [0.25, 0.3) is 0 Å². The van der Waals surface area contributed by atoms with Crippen molar-refractivity contribution in [2.24, 2.45) is 0 Å². The lowest BCUT2D eigenvalue weighted by atomic mass is 10.3. The lowest BCUT2D eigenvalue weighted by molar-refractivity contribution is 0.305. The number of hydrogen-bond donors (Lipinski definition) is 2. The Morgan fingerprint density at radius 1 is 1.38 bits per heavy atom. The van der Waals surface area contributed by atoms with Crippen molar-refractivity contribution in [3.05, 3.63) is 29.0 Å². The Morgan fingerprint density at radius 2 is 2.19 bits per heavy atom. The van der Waals surface area contributed by atoms with Crippen LogP contribution in [0.15, 0.2) is 23.4 Å². The van der Waals surface area contributed by atoms with Crippen LogP contribution in [0.1, 0.15) is 17.0 Å². The van der Waals surface area contributed by atoms with Crippen molar-refractivity contribution in [1.29, 1.82) is 0 Å². The first-order valence-corrected chi connectivity index (χ1v) is 8.19. The first kappa shape index (κ1) is 15.4. The molecule has 0 saturated heterocycles. The Hall–Kier alpha value is -2.02. The molecular formula is C12H12N4O3S2. The van der Waals surface area contributed by atoms with E-state index in [1.807, 2.05) is 0 Å². The van der Waals surface area contributed by atoms with Gasteiger partial charge in [0, 0.05) is 24.4 Å². The molecule has 0 saturated carbocycles. The summed E-state index contributed by atoms with van der Waals surface area (Å²) in [5.74, 6) is 5.44. The Balaban J connectivity index is 2.24. The van der Waals surface area contributed by atoms with Crippen LogP contribution in [0.2, 0.25) is 0 Å². The first-order chi connectivity index (χ1) is 10.0. The molecule has 0 unspecified atom stereocenters. The molecule has 0 amide bonds. The van der Waals surface area contributed by atoms with Crippen LogP contribution in [0, 0.1) is 18.8 Å². The second-order valence-electron chi connectivity index (χ2n) is 3.92. The van der Waals surface area contributed by atoms with Crippen LogP contribution in [-0.2, 0) is 10.0 Å². The van der Waals surface area contributed by atoms with Crippen LogP contribution < -0.4 is 4.72 Å². The maximum absolute atomic E-state index is 12.2. The number of aliphatic hydroxyl groups is 1. The Bertz CT molecular complexity index is 790. The van der Waals surface area contributed by atoms with E-state index in [4.69, 9.17) is 5.11 Å². The molecule has 0 spiro atoms. The molecule has 0 bridgehead atoms. The molecule has 0 atom stereocenters. The van der Waals surface area contributed by atoms with Gasteiger partial charge in [-0.25, -0.2) is 8.42 Å². The molecule has 0 aromatic carbocycles. The van der Waals surface area contributed by atoms with E-state index in [1.54, 1.807) is 6.92 Å². The van der Waals surface area contributed by atoms with Crippen molar-refractivity contribution in [3.8, 4) is 11.8 Å². The monoisotopic (exact) mass is 324 g/mol. The number of anilines is 1. The third-order valence-corrected chi connectivity index (χ3v) is 4.43. The topological polar surface area (TPSA) is 105 Å². The highest BCUT2D eigenvalue weighted by Crippen LogP contribution is 2.19. The summed E-state index contributed by atoms with van der Waals surface area (Å²) >= 11 is 1.14. The van der Waals surface area contributed by atoms with Crippen molar-refractivity contribution >= 4 is 26.5 Å². The molecule has 2 aromatic rings. The van der Waals surface area contributed by atoms with Gasteiger partial charge >= 0.3 is 0 Å². The Kier molecular flexibility index (Phi) is 4.85. The van der Waals surface area contributed by atoms with Crippen LogP contribution in [0.3, 0.4) is 0 Å². The summed E-state index contributed by atoms with van der Waals surface area (Å²) in [6, 6.07) is 1.41. The van der Waals surface area contributed by atoms with E-state index in [-0.39, 0.29) is 16.6 Å². The standard InChI is InChI=1S/C12H12N4O3S2/c1-9-14-15-12(20-9)16-21(18,19)11-6-10(7-13-8-11)4-2-3-5-17/h6-8,17H,3,5H2,1H3,(H,15,16). The normalized spacial score (nSPS) is 10.8. The minimum Gasteiger partial charge on any atom is -0.395 e. The van der Waals surface area contributed by atoms with Crippen molar-refractivity contribution in [3.63, 3.8) is 0 Å². The van der Waals surface area contributed by atoms with Gasteiger partial charge in [0.15, 0.2) is 0 Å². The van der Waals surface area contributed by atoms with Crippen LogP contribution in [-0.4, -0.2) is 35.3 Å². The number of nitrogens with zero attached hydrogens (tertiary/aromatic N) is 3. The second-order valence-corrected chi connectivity index (χ2v) is 6.78. The highest BCUT2D eigenvalue weighted by atomic mass is 32.2. The van der Waals surface area contributed by atoms with Crippen molar-refractivity contribution in [2.45, 2.75) is 18.2 Å². The SMILES string of the molecule is Cc1nnc(NS(=O)(=O)c2cncc(C#CCCO)c2)s1. The van der Waals surface area contributed by atoms with Gasteiger partial charge < -0.3 is 5.11 Å². The maximum atomic E-state index is 12.2. The summed E-state index contributed by atoms with van der Waals surface area (Å²) in [4.78, 5) is 3.85. The number of aliphatic hydroxyl groups excluding tert-OH is 1. The van der Waals surface area contributed by atoms with Gasteiger partial charge in [0.05, 0.1) is 6.61 Å². The summed E-state index contributed by atoms with van der Waals surface area (Å²) in [5, 5.41) is 17.0. The molecule has 2 heterocycles. The molecule has 0 radical (unpaired) electrons. The van der Waals surface area contributed by atoms with Crippen molar-refractivity contribution < 1.29 is 13.5 Å². The van der Waals surface area contributed by atoms with Gasteiger partial charge in [-0.05, 0) is 13.0 Å². The number of aryl methyl sites for hydroxylation is 1. The number of sulfonamides is 1. The van der Waals surface area contributed by atoms with E-state index in [0.29, 0.717) is 17.0 Å². The van der Waals surface area contributed by atoms with Crippen LogP contribution in [0.5, 0.6) is 0 Å². The van der Waals surface area contributed by atoms with E-state index < -0.39 is 10.0 Å². The van der Waals surface area contributed by atoms with E-state index in [1.165, 1.54) is 18.5 Å². The minimum atomic E-state index is -3.77. The summed E-state index contributed by atoms with van der Waals surface area (Å²) in [7, 11) is -3.77. The van der Waals surface area contributed by atoms with Crippen LogP contribution >= 0.6 is 11.3 Å². The zero-order chi connectivity index (χ0) is 15.3. The summed E-state index contributed by atoms with van der Waals surface area (Å²) in [6.45, 7) is 1.69. The predicted octanol–water partition coefficient (Wildman–Crippen LogP) is 0.776. The zero-order valence-corrected chi connectivity index (χ0v) is 12.7. The first-order valence-electron chi connectivity index (χ1n) is 5.89. The number of rotatable bonds is 4. The average Bonchev–Trinajstić information content (AvgIpc) is 2.84. The Labute approximate surface area is 126 Å². The van der Waals surface area contributed by atoms with E-state index in [0.717, 1.165) is 11.3 Å². The van der Waals surface area contributed by atoms with Gasteiger partial charge in [-0.3, -0.25) is 9.71 Å². The fourth-order valence-electron chi connectivity index (χ4n) is 1.37. The van der Waals surface area contributed by atoms with Gasteiger partial charge in [0.1, 0.15) is 9.90 Å². The predicted molar refractivity (Wildman–Crippen MR) is 78.3 cm³/mol. The molecule has 0 aliphatic heterocycles. The molecule has 7 nitrogen and oxygen atoms in total. The average molecular weight is 324 g/mol. The van der Waals surface area contributed by atoms with Gasteiger partial charge in [-0.1, -0.05) is 23.2 Å². The smallest absolute Gasteiger partial charge is 0.265 e. The molecule has 110 valence electrons. The molecular weight excluding hydrogens is 312 g/mol. The van der Waals surface area contributed by atoms with Gasteiger partial charge in [-0.2, -0.15) is 0 Å². The molecule has 21 heavy (non-hydrogen) atoms. The molecule has 0 aliphatic rings. The maximum Gasteiger partial charge on any atom is 0.265 e. The zero-order valence-electron chi connectivity index (χ0n) is 11.1. The third-order valence-electron chi connectivity index (χ3n) is 2.24. The lowest BCUT2D eigenvalue weighted by Crippen LogP contribution is -2.13. The lowest BCUT2D eigenvalue weighted by Gasteiger charge is -2.04. The highest BCUT2D eigenvalue weighted by Gasteiger charge is 2.17. The fourth-order valence-corrected chi connectivity index (χ4v) is 3.18. The van der Waals surface area contributed by atoms with E-state index in [9.17, 15) is 8.42 Å². The molecule has 2 aromatic heterocycles. The highest BCUT2D eigenvalue weighted by molar-refractivity contribution is 7.93. The summed E-state index contributed by atoms with van der Waals surface area (Å²) in [5.41, 5.74) is 0.458. The molecule has 2 rings (SSSR count). The molecule has 0 aliphatic carbocycles. The minimum absolute atomic E-state index is 0.00819. The van der Waals surface area contributed by atoms with E-state index in [2.05, 4.69) is 31.7 Å². The summed E-state index contributed by atoms with van der Waals surface area (Å²) < 4.78 is 26.7.